The molecule has 9 nitrogen and oxygen atoms in total. The van der Waals surface area contributed by atoms with Crippen LogP contribution in [-0.2, 0) is 16.0 Å². The Morgan fingerprint density at radius 2 is 2.19 bits per heavy atom. The monoisotopic (exact) mass is 458 g/mol. The van der Waals surface area contributed by atoms with Gasteiger partial charge in [-0.05, 0) is 44.4 Å². The van der Waals surface area contributed by atoms with Gasteiger partial charge in [0.15, 0.2) is 11.5 Å². The van der Waals surface area contributed by atoms with E-state index in [9.17, 15) is 4.79 Å². The number of aromatic amines is 1. The normalized spacial score (nSPS) is 16.8. The number of carbonyl (C=O) groups excluding carboxylic acids is 1. The third-order valence-corrected chi connectivity index (χ3v) is 6.14. The van der Waals surface area contributed by atoms with E-state index in [4.69, 9.17) is 21.1 Å². The number of hydrogen-bond donors (Lipinski definition) is 2. The molecule has 2 N–H and O–H groups in total. The van der Waals surface area contributed by atoms with Gasteiger partial charge in [0.05, 0.1) is 20.0 Å². The summed E-state index contributed by atoms with van der Waals surface area (Å²) in [5.74, 6) is 1.42. The van der Waals surface area contributed by atoms with Gasteiger partial charge in [0.2, 0.25) is 5.91 Å². The highest BCUT2D eigenvalue weighted by molar-refractivity contribution is 6.31. The molecular formula is C22H27ClN6O3. The highest BCUT2D eigenvalue weighted by Crippen LogP contribution is 2.40. The van der Waals surface area contributed by atoms with Gasteiger partial charge in [-0.15, -0.1) is 0 Å². The van der Waals surface area contributed by atoms with E-state index in [0.717, 1.165) is 28.0 Å². The standard InChI is InChI=1S/C22H27ClN6O3/c1-12(2)29-8-16(32-9-17(29)30)18-13(3)15(23)7-14(20(18)31-4)5-6-24-21-19-22(26-10-25-19)28-11-27-21/h7,10-12,16H,5-6,8-9H2,1-4H3,(H2,24,25,26,27,28). The van der Waals surface area contributed by atoms with Crippen molar-refractivity contribution in [1.29, 1.82) is 0 Å². The zero-order valence-corrected chi connectivity index (χ0v) is 19.4. The number of morpholine rings is 1. The van der Waals surface area contributed by atoms with Crippen molar-refractivity contribution < 1.29 is 14.3 Å². The fraction of sp³-hybridized carbons (Fsp3) is 0.455. The molecule has 1 unspecified atom stereocenters. The molecule has 0 saturated carbocycles. The van der Waals surface area contributed by atoms with E-state index in [1.807, 2.05) is 31.7 Å². The van der Waals surface area contributed by atoms with E-state index in [2.05, 4.69) is 25.3 Å². The summed E-state index contributed by atoms with van der Waals surface area (Å²) in [6.07, 6.45) is 3.42. The molecule has 4 rings (SSSR count). The van der Waals surface area contributed by atoms with E-state index >= 15 is 0 Å². The first-order valence-electron chi connectivity index (χ1n) is 10.6. The lowest BCUT2D eigenvalue weighted by Crippen LogP contribution is -2.46. The van der Waals surface area contributed by atoms with Crippen LogP contribution in [0.4, 0.5) is 5.82 Å². The van der Waals surface area contributed by atoms with E-state index in [0.29, 0.717) is 36.0 Å². The molecule has 1 saturated heterocycles. The lowest BCUT2D eigenvalue weighted by Gasteiger charge is -2.37. The molecule has 0 aliphatic carbocycles. The third kappa shape index (κ3) is 4.22. The van der Waals surface area contributed by atoms with Crippen molar-refractivity contribution in [2.24, 2.45) is 0 Å². The number of benzene rings is 1. The number of rotatable bonds is 7. The van der Waals surface area contributed by atoms with E-state index in [-0.39, 0.29) is 24.7 Å². The lowest BCUT2D eigenvalue weighted by molar-refractivity contribution is -0.151. The summed E-state index contributed by atoms with van der Waals surface area (Å²) in [4.78, 5) is 29.7. The first kappa shape index (κ1) is 22.3. The summed E-state index contributed by atoms with van der Waals surface area (Å²) in [7, 11) is 1.65. The van der Waals surface area contributed by atoms with E-state index in [1.165, 1.54) is 6.33 Å². The molecule has 0 bridgehead atoms. The molecule has 1 aromatic carbocycles. The molecule has 1 aliphatic rings. The summed E-state index contributed by atoms with van der Waals surface area (Å²) < 4.78 is 11.8. The minimum absolute atomic E-state index is 0.00528. The molecule has 0 spiro atoms. The van der Waals surface area contributed by atoms with Crippen LogP contribution in [0, 0.1) is 6.92 Å². The van der Waals surface area contributed by atoms with Gasteiger partial charge < -0.3 is 24.7 Å². The number of nitrogens with one attached hydrogen (secondary N) is 2. The number of hydrogen-bond acceptors (Lipinski definition) is 7. The molecule has 3 aromatic rings. The van der Waals surface area contributed by atoms with Gasteiger partial charge in [0, 0.05) is 23.2 Å². The number of halogens is 1. The second-order valence-corrected chi connectivity index (χ2v) is 8.44. The number of ether oxygens (including phenoxy) is 2. The average Bonchev–Trinajstić information content (AvgIpc) is 3.26. The Bertz CT molecular complexity index is 1130. The van der Waals surface area contributed by atoms with E-state index < -0.39 is 0 Å². The van der Waals surface area contributed by atoms with Crippen LogP contribution in [0.2, 0.25) is 5.02 Å². The number of anilines is 1. The first-order chi connectivity index (χ1) is 15.4. The second kappa shape index (κ2) is 9.30. The smallest absolute Gasteiger partial charge is 0.248 e. The van der Waals surface area contributed by atoms with Crippen LogP contribution in [0.3, 0.4) is 0 Å². The van der Waals surface area contributed by atoms with Crippen molar-refractivity contribution in [2.45, 2.75) is 39.3 Å². The lowest BCUT2D eigenvalue weighted by atomic mass is 9.95. The van der Waals surface area contributed by atoms with Crippen molar-refractivity contribution in [3.63, 3.8) is 0 Å². The summed E-state index contributed by atoms with van der Waals surface area (Å²) >= 11 is 6.61. The molecular weight excluding hydrogens is 432 g/mol. The fourth-order valence-corrected chi connectivity index (χ4v) is 4.32. The Morgan fingerprint density at radius 1 is 1.38 bits per heavy atom. The zero-order valence-electron chi connectivity index (χ0n) is 18.6. The summed E-state index contributed by atoms with van der Waals surface area (Å²) in [6, 6.07) is 2.02. The van der Waals surface area contributed by atoms with Gasteiger partial charge in [-0.2, -0.15) is 0 Å². The quantitative estimate of drug-likeness (QED) is 0.559. The molecule has 1 aliphatic heterocycles. The maximum Gasteiger partial charge on any atom is 0.248 e. The van der Waals surface area contributed by atoms with Gasteiger partial charge >= 0.3 is 0 Å². The van der Waals surface area contributed by atoms with Gasteiger partial charge in [0.25, 0.3) is 0 Å². The molecule has 0 radical (unpaired) electrons. The molecule has 2 aromatic heterocycles. The molecule has 170 valence electrons. The second-order valence-electron chi connectivity index (χ2n) is 8.03. The number of nitrogens with zero attached hydrogens (tertiary/aromatic N) is 4. The highest BCUT2D eigenvalue weighted by atomic mass is 35.5. The van der Waals surface area contributed by atoms with Crippen LogP contribution >= 0.6 is 11.6 Å². The molecule has 3 heterocycles. The molecule has 10 heteroatoms. The van der Waals surface area contributed by atoms with Gasteiger partial charge in [-0.25, -0.2) is 15.0 Å². The third-order valence-electron chi connectivity index (χ3n) is 5.75. The van der Waals surface area contributed by atoms with Crippen molar-refractivity contribution >= 4 is 34.5 Å². The maximum atomic E-state index is 12.3. The van der Waals surface area contributed by atoms with Gasteiger partial charge in [0.1, 0.15) is 30.3 Å². The number of fused-ring (bicyclic) bond motifs is 1. The molecule has 1 fully saturated rings. The maximum absolute atomic E-state index is 12.3. The minimum Gasteiger partial charge on any atom is -0.496 e. The minimum atomic E-state index is -0.304. The Morgan fingerprint density at radius 3 is 2.94 bits per heavy atom. The topological polar surface area (TPSA) is 105 Å². The van der Waals surface area contributed by atoms with Crippen LogP contribution in [-0.4, -0.2) is 63.6 Å². The van der Waals surface area contributed by atoms with Crippen LogP contribution in [0.1, 0.15) is 36.6 Å². The number of imidazole rings is 1. The molecule has 32 heavy (non-hydrogen) atoms. The summed E-state index contributed by atoms with van der Waals surface area (Å²) in [5, 5.41) is 3.97. The number of H-pyrrole nitrogens is 1. The predicted octanol–water partition coefficient (Wildman–Crippen LogP) is 3.29. The zero-order chi connectivity index (χ0) is 22.8. The van der Waals surface area contributed by atoms with Crippen molar-refractivity contribution in [1.82, 2.24) is 24.8 Å². The largest absolute Gasteiger partial charge is 0.496 e. The number of methoxy groups -OCH3 is 1. The van der Waals surface area contributed by atoms with Crippen LogP contribution in [0.25, 0.3) is 11.2 Å². The SMILES string of the molecule is COc1c(CCNc2ncnc3nc[nH]c23)cc(Cl)c(C)c1C1CN(C(C)C)C(=O)CO1. The Labute approximate surface area is 191 Å². The Hall–Kier alpha value is -2.91. The molecule has 1 amide bonds. The van der Waals surface area contributed by atoms with Crippen LogP contribution in [0.15, 0.2) is 18.7 Å². The number of amides is 1. The van der Waals surface area contributed by atoms with Crippen molar-refractivity contribution in [3.8, 4) is 5.75 Å². The highest BCUT2D eigenvalue weighted by Gasteiger charge is 2.33. The van der Waals surface area contributed by atoms with Gasteiger partial charge in [-0.1, -0.05) is 11.6 Å². The Kier molecular flexibility index (Phi) is 6.48. The average molecular weight is 459 g/mol. The first-order valence-corrected chi connectivity index (χ1v) is 10.9. The van der Waals surface area contributed by atoms with Crippen molar-refractivity contribution in [3.05, 3.63) is 40.4 Å². The van der Waals surface area contributed by atoms with Crippen LogP contribution < -0.4 is 10.1 Å². The van der Waals surface area contributed by atoms with Crippen LogP contribution in [0.5, 0.6) is 5.75 Å². The van der Waals surface area contributed by atoms with Gasteiger partial charge in [-0.3, -0.25) is 4.79 Å². The summed E-state index contributed by atoms with van der Waals surface area (Å²) in [5.41, 5.74) is 4.12. The Balaban J connectivity index is 1.58. The van der Waals surface area contributed by atoms with E-state index in [1.54, 1.807) is 13.4 Å². The predicted molar refractivity (Wildman–Crippen MR) is 122 cm³/mol. The van der Waals surface area contributed by atoms with Crippen molar-refractivity contribution in [2.75, 3.05) is 32.1 Å². The summed E-state index contributed by atoms with van der Waals surface area (Å²) in [6.45, 7) is 7.07. The number of aromatic nitrogens is 4. The fourth-order valence-electron chi connectivity index (χ4n) is 4.09. The molecule has 1 atom stereocenters. The number of carbonyl (C=O) groups is 1.